The summed E-state index contributed by atoms with van der Waals surface area (Å²) in [5, 5.41) is 27.9. The fourth-order valence-electron chi connectivity index (χ4n) is 3.27. The second-order valence-corrected chi connectivity index (χ2v) is 7.62. The summed E-state index contributed by atoms with van der Waals surface area (Å²) in [5.41, 5.74) is -1.04. The molecule has 0 heterocycles. The van der Waals surface area contributed by atoms with E-state index in [9.17, 15) is 36.6 Å². The van der Waals surface area contributed by atoms with Gasteiger partial charge < -0.3 is 15.3 Å². The van der Waals surface area contributed by atoms with Crippen LogP contribution in [0.2, 0.25) is 0 Å². The summed E-state index contributed by atoms with van der Waals surface area (Å²) in [6.45, 7) is 1.29. The van der Waals surface area contributed by atoms with Crippen LogP contribution >= 0.6 is 0 Å². The molecule has 0 amide bonds. The molecule has 184 valence electrons. The summed E-state index contributed by atoms with van der Waals surface area (Å²) in [5.74, 6) is 2.68. The summed E-state index contributed by atoms with van der Waals surface area (Å²) >= 11 is 0. The van der Waals surface area contributed by atoms with Crippen molar-refractivity contribution in [2.24, 2.45) is 0 Å². The largest absolute Gasteiger partial charge is 0.438 e. The van der Waals surface area contributed by atoms with Crippen molar-refractivity contribution in [3.63, 3.8) is 0 Å². The third kappa shape index (κ3) is 6.41. The van der Waals surface area contributed by atoms with Gasteiger partial charge in [-0.05, 0) is 64.6 Å². The molecule has 0 saturated heterocycles. The molecule has 2 aromatic rings. The third-order valence-electron chi connectivity index (χ3n) is 5.31. The molecule has 0 aromatic heterocycles. The highest BCUT2D eigenvalue weighted by Gasteiger charge is 2.70. The maximum Gasteiger partial charge on any atom is 0.438 e. The van der Waals surface area contributed by atoms with E-state index >= 15 is 0 Å². The van der Waals surface area contributed by atoms with E-state index in [-0.39, 0.29) is 19.6 Å². The van der Waals surface area contributed by atoms with Gasteiger partial charge in [-0.25, -0.2) is 0 Å². The fraction of sp³-hybridized carbons (Fsp3) is 0.360. The zero-order valence-electron chi connectivity index (χ0n) is 18.3. The predicted octanol–water partition coefficient (Wildman–Crippen LogP) is 5.11. The van der Waals surface area contributed by atoms with E-state index in [1.807, 2.05) is 12.1 Å². The van der Waals surface area contributed by atoms with Gasteiger partial charge in [0.2, 0.25) is 0 Å². The average molecular weight is 486 g/mol. The van der Waals surface area contributed by atoms with Gasteiger partial charge in [0, 0.05) is 0 Å². The third-order valence-corrected chi connectivity index (χ3v) is 5.31. The van der Waals surface area contributed by atoms with Crippen molar-refractivity contribution < 1.29 is 41.7 Å². The monoisotopic (exact) mass is 486 g/mol. The molecule has 0 aliphatic carbocycles. The molecule has 2 rings (SSSR count). The highest BCUT2D eigenvalue weighted by Crippen LogP contribution is 2.42. The minimum absolute atomic E-state index is 0.184. The number of aryl methyl sites for hydroxylation is 2. The van der Waals surface area contributed by atoms with Crippen LogP contribution in [0.1, 0.15) is 41.2 Å². The van der Waals surface area contributed by atoms with Crippen LogP contribution in [-0.4, -0.2) is 33.3 Å². The van der Waals surface area contributed by atoms with E-state index in [4.69, 9.17) is 5.11 Å². The van der Waals surface area contributed by atoms with Crippen molar-refractivity contribution in [1.82, 2.24) is 0 Å². The first-order chi connectivity index (χ1) is 15.9. The smallest absolute Gasteiger partial charge is 0.392 e. The maximum atomic E-state index is 12.8. The van der Waals surface area contributed by atoms with Crippen LogP contribution in [0.15, 0.2) is 48.5 Å². The van der Waals surface area contributed by atoms with Crippen molar-refractivity contribution in [2.45, 2.75) is 57.4 Å². The van der Waals surface area contributed by atoms with Gasteiger partial charge in [-0.2, -0.15) is 26.3 Å². The second kappa shape index (κ2) is 11.1. The zero-order valence-corrected chi connectivity index (χ0v) is 18.3. The highest BCUT2D eigenvalue weighted by molar-refractivity contribution is 5.68. The molecule has 2 aromatic carbocycles. The first kappa shape index (κ1) is 27.4. The van der Waals surface area contributed by atoms with Crippen molar-refractivity contribution in [3.05, 3.63) is 76.4 Å². The zero-order chi connectivity index (χ0) is 25.6. The number of hydrogen-bond acceptors (Lipinski definition) is 3. The van der Waals surface area contributed by atoms with Crippen LogP contribution < -0.4 is 0 Å². The van der Waals surface area contributed by atoms with Crippen LogP contribution in [0.5, 0.6) is 0 Å². The normalized spacial score (nSPS) is 12.9. The van der Waals surface area contributed by atoms with Crippen LogP contribution in [0, 0.1) is 11.8 Å². The Kier molecular flexibility index (Phi) is 8.95. The molecule has 0 spiro atoms. The quantitative estimate of drug-likeness (QED) is 0.377. The first-order valence-electron chi connectivity index (χ1n) is 10.4. The lowest BCUT2D eigenvalue weighted by atomic mass is 9.96. The van der Waals surface area contributed by atoms with Gasteiger partial charge in [-0.3, -0.25) is 0 Å². The molecule has 0 unspecified atom stereocenters. The molecule has 0 bridgehead atoms. The van der Waals surface area contributed by atoms with Gasteiger partial charge in [0.15, 0.2) is 0 Å². The topological polar surface area (TPSA) is 60.7 Å². The van der Waals surface area contributed by atoms with E-state index in [0.717, 1.165) is 23.1 Å². The number of benzene rings is 2. The lowest BCUT2D eigenvalue weighted by Gasteiger charge is -2.27. The van der Waals surface area contributed by atoms with Crippen LogP contribution in [0.25, 0.3) is 5.57 Å². The summed E-state index contributed by atoms with van der Waals surface area (Å²) < 4.78 is 76.7. The van der Waals surface area contributed by atoms with Crippen LogP contribution in [0.3, 0.4) is 0 Å². The minimum atomic E-state index is -6.00. The molecule has 0 fully saturated rings. The van der Waals surface area contributed by atoms with Crippen LogP contribution in [-0.2, 0) is 26.1 Å². The maximum absolute atomic E-state index is 12.8. The van der Waals surface area contributed by atoms with Gasteiger partial charge in [0.1, 0.15) is 0 Å². The Bertz CT molecular complexity index is 1060. The van der Waals surface area contributed by atoms with Gasteiger partial charge in [-0.15, -0.1) is 0 Å². The Labute approximate surface area is 193 Å². The Morgan fingerprint density at radius 1 is 0.853 bits per heavy atom. The molecule has 9 heteroatoms. The lowest BCUT2D eigenvalue weighted by molar-refractivity contribution is -0.343. The number of halogens is 6. The van der Waals surface area contributed by atoms with Crippen molar-refractivity contribution in [1.29, 1.82) is 0 Å². The predicted molar refractivity (Wildman–Crippen MR) is 115 cm³/mol. The molecular weight excluding hydrogens is 462 g/mol. The van der Waals surface area contributed by atoms with Crippen molar-refractivity contribution in [3.8, 4) is 11.8 Å². The van der Waals surface area contributed by atoms with E-state index in [1.54, 1.807) is 43.2 Å². The average Bonchev–Trinajstić information content (AvgIpc) is 2.78. The molecule has 0 aliphatic rings. The summed E-state index contributed by atoms with van der Waals surface area (Å²) in [4.78, 5) is 0. The number of allylic oxidation sites excluding steroid dienone is 2. The van der Waals surface area contributed by atoms with Gasteiger partial charge in [0.25, 0.3) is 0 Å². The number of aliphatic hydroxyl groups excluding tert-OH is 2. The Morgan fingerprint density at radius 3 is 1.97 bits per heavy atom. The SMILES string of the molecule is CC/C(=C/C#CC(O)(C(F)(F)F)C(F)(F)F)c1cccc(CCc2ccc(CO)c(CO)c2)c1. The Morgan fingerprint density at radius 2 is 1.44 bits per heavy atom. The van der Waals surface area contributed by atoms with E-state index < -0.39 is 18.0 Å². The molecule has 34 heavy (non-hydrogen) atoms. The molecule has 0 atom stereocenters. The highest BCUT2D eigenvalue weighted by atomic mass is 19.4. The van der Waals surface area contributed by atoms with Gasteiger partial charge >= 0.3 is 18.0 Å². The molecule has 0 saturated carbocycles. The molecule has 0 radical (unpaired) electrons. The lowest BCUT2D eigenvalue weighted by Crippen LogP contribution is -2.55. The molecule has 0 aliphatic heterocycles. The fourth-order valence-corrected chi connectivity index (χ4v) is 3.27. The number of rotatable bonds is 7. The summed E-state index contributed by atoms with van der Waals surface area (Å²) in [6, 6.07) is 12.4. The molecular formula is C25H24F6O3. The number of aliphatic hydroxyl groups is 3. The van der Waals surface area contributed by atoms with E-state index in [0.29, 0.717) is 35.1 Å². The standard InChI is InChI=1S/C25H24F6O3/c1-2-19(7-4-12-23(34,24(26,27)28)25(29,30)31)20-6-3-5-17(13-20)8-9-18-10-11-21(15-32)22(14-18)16-33/h3,5-7,10-11,13-14,32-34H,2,8-9,15-16H2,1H3/b19-7-. The Balaban J connectivity index is 2.25. The van der Waals surface area contributed by atoms with Gasteiger partial charge in [0.05, 0.1) is 13.2 Å². The number of alkyl halides is 6. The molecule has 3 nitrogen and oxygen atoms in total. The first-order valence-corrected chi connectivity index (χ1v) is 10.4. The van der Waals surface area contributed by atoms with Crippen molar-refractivity contribution in [2.75, 3.05) is 0 Å². The van der Waals surface area contributed by atoms with E-state index in [2.05, 4.69) is 0 Å². The second-order valence-electron chi connectivity index (χ2n) is 7.62. The number of hydrogen-bond donors (Lipinski definition) is 3. The van der Waals surface area contributed by atoms with Crippen LogP contribution in [0.4, 0.5) is 26.3 Å². The van der Waals surface area contributed by atoms with Crippen molar-refractivity contribution >= 4 is 5.57 Å². The minimum Gasteiger partial charge on any atom is -0.392 e. The summed E-state index contributed by atoms with van der Waals surface area (Å²) in [6.07, 6.45) is -9.56. The summed E-state index contributed by atoms with van der Waals surface area (Å²) in [7, 11) is 0. The van der Waals surface area contributed by atoms with Gasteiger partial charge in [-0.1, -0.05) is 55.3 Å². The Hall–Kier alpha value is -2.80. The molecule has 3 N–H and O–H groups in total. The van der Waals surface area contributed by atoms with E-state index in [1.165, 1.54) is 0 Å².